The molecule has 0 bridgehead atoms. The number of aromatic nitrogens is 2. The van der Waals surface area contributed by atoms with Gasteiger partial charge in [0.2, 0.25) is 0 Å². The van der Waals surface area contributed by atoms with Crippen molar-refractivity contribution in [1.29, 1.82) is 0 Å². The molecule has 0 radical (unpaired) electrons. The van der Waals surface area contributed by atoms with Crippen LogP contribution in [0.3, 0.4) is 0 Å². The molecule has 1 aliphatic rings. The Labute approximate surface area is 136 Å². The molecule has 4 nitrogen and oxygen atoms in total. The summed E-state index contributed by atoms with van der Waals surface area (Å²) in [6.45, 7) is 3.68. The molecule has 3 rings (SSSR count). The van der Waals surface area contributed by atoms with Gasteiger partial charge < -0.3 is 10.0 Å². The molecule has 0 saturated carbocycles. The Morgan fingerprint density at radius 3 is 2.61 bits per heavy atom. The lowest BCUT2D eigenvalue weighted by molar-refractivity contribution is 0.105. The van der Waals surface area contributed by atoms with Crippen molar-refractivity contribution in [2.75, 3.05) is 24.6 Å². The van der Waals surface area contributed by atoms with Crippen LogP contribution in [-0.4, -0.2) is 35.0 Å². The summed E-state index contributed by atoms with van der Waals surface area (Å²) in [5, 5.41) is 18.4. The highest BCUT2D eigenvalue weighted by Gasteiger charge is 2.35. The van der Waals surface area contributed by atoms with Gasteiger partial charge in [-0.1, -0.05) is 12.1 Å². The predicted octanol–water partition coefficient (Wildman–Crippen LogP) is 2.75. The van der Waals surface area contributed by atoms with Crippen LogP contribution < -0.4 is 4.90 Å². The van der Waals surface area contributed by atoms with Crippen molar-refractivity contribution in [3.8, 4) is 0 Å². The highest BCUT2D eigenvalue weighted by Crippen LogP contribution is 2.34. The summed E-state index contributed by atoms with van der Waals surface area (Å²) in [7, 11) is 0. The summed E-state index contributed by atoms with van der Waals surface area (Å²) in [5.74, 6) is 0.624. The molecule has 0 amide bonds. The topological polar surface area (TPSA) is 49.2 Å². The van der Waals surface area contributed by atoms with Crippen LogP contribution in [0.15, 0.2) is 36.4 Å². The molecule has 1 atom stereocenters. The van der Waals surface area contributed by atoms with E-state index in [0.29, 0.717) is 0 Å². The van der Waals surface area contributed by atoms with Crippen molar-refractivity contribution in [3.05, 3.63) is 53.5 Å². The molecule has 0 spiro atoms. The molecule has 5 heteroatoms. The van der Waals surface area contributed by atoms with Crippen LogP contribution in [0.25, 0.3) is 0 Å². The minimum atomic E-state index is -0.230. The zero-order valence-corrected chi connectivity index (χ0v) is 13.4. The van der Waals surface area contributed by atoms with Crippen molar-refractivity contribution < 1.29 is 9.50 Å². The highest BCUT2D eigenvalue weighted by atomic mass is 19.1. The van der Waals surface area contributed by atoms with Gasteiger partial charge >= 0.3 is 0 Å². The van der Waals surface area contributed by atoms with Gasteiger partial charge in [0, 0.05) is 18.5 Å². The predicted molar refractivity (Wildman–Crippen MR) is 87.8 cm³/mol. The second-order valence-electron chi connectivity index (χ2n) is 6.52. The molecule has 23 heavy (non-hydrogen) atoms. The largest absolute Gasteiger partial charge is 0.396 e. The quantitative estimate of drug-likeness (QED) is 0.942. The summed E-state index contributed by atoms with van der Waals surface area (Å²) >= 11 is 0. The number of aliphatic hydroxyl groups is 1. The number of benzene rings is 1. The van der Waals surface area contributed by atoms with E-state index in [-0.39, 0.29) is 17.8 Å². The zero-order valence-electron chi connectivity index (χ0n) is 13.4. The van der Waals surface area contributed by atoms with Gasteiger partial charge in [-0.2, -0.15) is 5.10 Å². The van der Waals surface area contributed by atoms with E-state index >= 15 is 0 Å². The lowest BCUT2D eigenvalue weighted by Crippen LogP contribution is -2.47. The molecule has 2 aromatic rings. The first-order chi connectivity index (χ1) is 11.1. The molecule has 1 N–H and O–H groups in total. The lowest BCUT2D eigenvalue weighted by atomic mass is 9.75. The Bertz CT molecular complexity index is 644. The molecule has 1 saturated heterocycles. The van der Waals surface area contributed by atoms with E-state index < -0.39 is 0 Å². The average molecular weight is 315 g/mol. The number of hydrogen-bond acceptors (Lipinski definition) is 4. The van der Waals surface area contributed by atoms with Crippen molar-refractivity contribution in [2.24, 2.45) is 5.41 Å². The summed E-state index contributed by atoms with van der Waals surface area (Å²) in [6.07, 6.45) is 2.69. The maximum Gasteiger partial charge on any atom is 0.151 e. The summed E-state index contributed by atoms with van der Waals surface area (Å²) in [4.78, 5) is 2.19. The Morgan fingerprint density at radius 2 is 1.96 bits per heavy atom. The van der Waals surface area contributed by atoms with Gasteiger partial charge in [-0.3, -0.25) is 0 Å². The molecule has 1 aromatic carbocycles. The van der Waals surface area contributed by atoms with Crippen LogP contribution in [0.2, 0.25) is 0 Å². The van der Waals surface area contributed by atoms with E-state index in [1.165, 1.54) is 12.1 Å². The fraction of sp³-hybridized carbons (Fsp3) is 0.444. The molecule has 1 fully saturated rings. The minimum absolute atomic E-state index is 0.111. The number of piperidine rings is 1. The summed E-state index contributed by atoms with van der Waals surface area (Å²) in [5.41, 5.74) is 1.73. The second-order valence-corrected chi connectivity index (χ2v) is 6.52. The number of hydrogen-bond donors (Lipinski definition) is 1. The molecular weight excluding hydrogens is 293 g/mol. The van der Waals surface area contributed by atoms with E-state index in [9.17, 15) is 9.50 Å². The van der Waals surface area contributed by atoms with E-state index in [2.05, 4.69) is 15.1 Å². The van der Waals surface area contributed by atoms with Gasteiger partial charge in [-0.15, -0.1) is 5.10 Å². The monoisotopic (exact) mass is 315 g/mol. The first kappa shape index (κ1) is 15.9. The van der Waals surface area contributed by atoms with Crippen molar-refractivity contribution in [1.82, 2.24) is 10.2 Å². The van der Waals surface area contributed by atoms with Crippen LogP contribution in [0.5, 0.6) is 0 Å². The smallest absolute Gasteiger partial charge is 0.151 e. The van der Waals surface area contributed by atoms with E-state index in [1.54, 1.807) is 12.1 Å². The van der Waals surface area contributed by atoms with Gasteiger partial charge in [0.25, 0.3) is 0 Å². The Morgan fingerprint density at radius 1 is 1.17 bits per heavy atom. The fourth-order valence-electron chi connectivity index (χ4n) is 3.33. The molecular formula is C18H22FN3O. The second kappa shape index (κ2) is 6.62. The molecule has 1 aliphatic heterocycles. The summed E-state index contributed by atoms with van der Waals surface area (Å²) < 4.78 is 13.1. The molecule has 0 unspecified atom stereocenters. The van der Waals surface area contributed by atoms with Gasteiger partial charge in [0.15, 0.2) is 5.82 Å². The van der Waals surface area contributed by atoms with Crippen molar-refractivity contribution >= 4 is 5.82 Å². The van der Waals surface area contributed by atoms with Crippen LogP contribution >= 0.6 is 0 Å². The Kier molecular flexibility index (Phi) is 4.57. The zero-order chi connectivity index (χ0) is 16.3. The van der Waals surface area contributed by atoms with E-state index in [0.717, 1.165) is 49.4 Å². The van der Waals surface area contributed by atoms with Gasteiger partial charge in [0.1, 0.15) is 5.82 Å². The minimum Gasteiger partial charge on any atom is -0.396 e. The normalized spacial score (nSPS) is 21.4. The number of halogens is 1. The van der Waals surface area contributed by atoms with E-state index in [4.69, 9.17) is 0 Å². The summed E-state index contributed by atoms with van der Waals surface area (Å²) in [6, 6.07) is 10.5. The number of aliphatic hydroxyl groups excluding tert-OH is 1. The number of nitrogens with zero attached hydrogens (tertiary/aromatic N) is 3. The number of anilines is 1. The van der Waals surface area contributed by atoms with Crippen LogP contribution in [0, 0.1) is 18.2 Å². The van der Waals surface area contributed by atoms with Gasteiger partial charge in [-0.05, 0) is 56.0 Å². The van der Waals surface area contributed by atoms with E-state index in [1.807, 2.05) is 19.1 Å². The molecule has 1 aromatic heterocycles. The maximum atomic E-state index is 13.1. The third-order valence-electron chi connectivity index (χ3n) is 4.60. The maximum absolute atomic E-state index is 13.1. The first-order valence-electron chi connectivity index (χ1n) is 8.01. The average Bonchev–Trinajstić information content (AvgIpc) is 2.58. The van der Waals surface area contributed by atoms with Crippen LogP contribution in [0.4, 0.5) is 10.2 Å². The standard InChI is InChI=1S/C18H22FN3O/c1-14-3-8-17(21-20-14)22-10-2-9-18(12-22,13-23)11-15-4-6-16(19)7-5-15/h3-8,23H,2,9-13H2,1H3/t18-/m1/s1. The van der Waals surface area contributed by atoms with Gasteiger partial charge in [0.05, 0.1) is 12.3 Å². The number of aryl methyl sites for hydroxylation is 1. The third kappa shape index (κ3) is 3.67. The van der Waals surface area contributed by atoms with Crippen molar-refractivity contribution in [2.45, 2.75) is 26.2 Å². The number of rotatable bonds is 4. The highest BCUT2D eigenvalue weighted by molar-refractivity contribution is 5.38. The first-order valence-corrected chi connectivity index (χ1v) is 8.01. The Hall–Kier alpha value is -2.01. The van der Waals surface area contributed by atoms with Gasteiger partial charge in [-0.25, -0.2) is 4.39 Å². The Balaban J connectivity index is 1.78. The molecule has 122 valence electrons. The van der Waals surface area contributed by atoms with Crippen LogP contribution in [0.1, 0.15) is 24.1 Å². The third-order valence-corrected chi connectivity index (χ3v) is 4.60. The van der Waals surface area contributed by atoms with Crippen LogP contribution in [-0.2, 0) is 6.42 Å². The SMILES string of the molecule is Cc1ccc(N2CCC[C@@](CO)(Cc3ccc(F)cc3)C2)nn1. The fourth-order valence-corrected chi connectivity index (χ4v) is 3.33. The van der Waals surface area contributed by atoms with Crippen molar-refractivity contribution in [3.63, 3.8) is 0 Å². The molecule has 2 heterocycles. The molecule has 0 aliphatic carbocycles. The lowest BCUT2D eigenvalue weighted by Gasteiger charge is -2.42.